The van der Waals surface area contributed by atoms with Crippen molar-refractivity contribution >= 4 is 22.6 Å². The van der Waals surface area contributed by atoms with Gasteiger partial charge >= 0.3 is 0 Å². The van der Waals surface area contributed by atoms with E-state index in [2.05, 4.69) is 10.00 Å². The van der Waals surface area contributed by atoms with Crippen LogP contribution < -0.4 is 4.90 Å². The zero-order valence-electron chi connectivity index (χ0n) is 18.2. The van der Waals surface area contributed by atoms with E-state index < -0.39 is 0 Å². The summed E-state index contributed by atoms with van der Waals surface area (Å²) in [7, 11) is 1.86. The van der Waals surface area contributed by atoms with Crippen LogP contribution in [0.3, 0.4) is 0 Å². The van der Waals surface area contributed by atoms with Gasteiger partial charge in [-0.3, -0.25) is 9.48 Å². The van der Waals surface area contributed by atoms with Crippen LogP contribution in [0.1, 0.15) is 16.1 Å². The van der Waals surface area contributed by atoms with Crippen molar-refractivity contribution in [2.45, 2.75) is 6.92 Å². The van der Waals surface area contributed by atoms with Gasteiger partial charge in [0.15, 0.2) is 5.65 Å². The number of carbonyl (C=O) groups excluding carboxylic acids is 1. The molecule has 0 aliphatic carbocycles. The summed E-state index contributed by atoms with van der Waals surface area (Å²) in [5.41, 5.74) is 4.86. The Bertz CT molecular complexity index is 1290. The topological polar surface area (TPSA) is 74.5 Å². The Morgan fingerprint density at radius 1 is 0.969 bits per heavy atom. The van der Waals surface area contributed by atoms with Crippen LogP contribution >= 0.6 is 0 Å². The Hall–Kier alpha value is -3.87. The van der Waals surface area contributed by atoms with E-state index in [1.165, 1.54) is 0 Å². The maximum Gasteiger partial charge on any atom is 0.254 e. The number of phenolic OH excluding ortho intramolecular Hbond substituents is 1. The van der Waals surface area contributed by atoms with Gasteiger partial charge in [-0.2, -0.15) is 5.10 Å². The minimum Gasteiger partial charge on any atom is -0.508 e. The number of aromatic nitrogens is 3. The first kappa shape index (κ1) is 20.1. The van der Waals surface area contributed by atoms with Gasteiger partial charge in [-0.15, -0.1) is 0 Å². The number of amides is 1. The van der Waals surface area contributed by atoms with Crippen LogP contribution in [0.5, 0.6) is 5.75 Å². The minimum absolute atomic E-state index is 0.00115. The molecule has 1 aliphatic rings. The highest BCUT2D eigenvalue weighted by Gasteiger charge is 2.26. The van der Waals surface area contributed by atoms with E-state index in [4.69, 9.17) is 4.98 Å². The molecule has 0 bridgehead atoms. The number of aromatic hydroxyl groups is 1. The van der Waals surface area contributed by atoms with E-state index >= 15 is 0 Å². The number of pyridine rings is 1. The van der Waals surface area contributed by atoms with Crippen molar-refractivity contribution in [3.63, 3.8) is 0 Å². The second-order valence-electron chi connectivity index (χ2n) is 8.13. The molecule has 7 heteroatoms. The Balaban J connectivity index is 1.47. The van der Waals surface area contributed by atoms with E-state index in [9.17, 15) is 9.90 Å². The van der Waals surface area contributed by atoms with Crippen LogP contribution in [0.25, 0.3) is 22.3 Å². The van der Waals surface area contributed by atoms with Gasteiger partial charge in [0.2, 0.25) is 0 Å². The fourth-order valence-corrected chi connectivity index (χ4v) is 4.40. The molecule has 0 radical (unpaired) electrons. The summed E-state index contributed by atoms with van der Waals surface area (Å²) in [5, 5.41) is 15.1. The zero-order chi connectivity index (χ0) is 22.2. The number of rotatable bonds is 3. The van der Waals surface area contributed by atoms with E-state index in [-0.39, 0.29) is 11.7 Å². The van der Waals surface area contributed by atoms with E-state index in [1.807, 2.05) is 67.4 Å². The summed E-state index contributed by atoms with van der Waals surface area (Å²) in [6, 6.07) is 19.0. The first-order chi connectivity index (χ1) is 15.5. The lowest BCUT2D eigenvalue weighted by atomic mass is 10.0. The van der Waals surface area contributed by atoms with E-state index in [0.29, 0.717) is 37.4 Å². The SMILES string of the molecule is Cc1nn(C)c2nc(-c3ccccc3)cc(C(=O)N3CCN(c4cccc(O)c4)CC3)c12. The number of aryl methyl sites for hydroxylation is 2. The van der Waals surface area contributed by atoms with Gasteiger partial charge in [0.1, 0.15) is 5.75 Å². The average Bonchev–Trinajstić information content (AvgIpc) is 3.12. The number of benzene rings is 2. The van der Waals surface area contributed by atoms with Crippen molar-refractivity contribution in [1.29, 1.82) is 0 Å². The molecule has 1 amide bonds. The minimum atomic E-state index is 0.00115. The van der Waals surface area contributed by atoms with Crippen molar-refractivity contribution in [2.24, 2.45) is 7.05 Å². The molecule has 0 spiro atoms. The molecule has 2 aromatic carbocycles. The molecule has 4 aromatic rings. The van der Waals surface area contributed by atoms with Gasteiger partial charge in [0, 0.05) is 50.5 Å². The Kier molecular flexibility index (Phi) is 5.01. The lowest BCUT2D eigenvalue weighted by Crippen LogP contribution is -2.48. The third-order valence-corrected chi connectivity index (χ3v) is 6.03. The fraction of sp³-hybridized carbons (Fsp3) is 0.240. The number of hydrogen-bond acceptors (Lipinski definition) is 5. The molecular weight excluding hydrogens is 402 g/mol. The number of hydrogen-bond donors (Lipinski definition) is 1. The molecule has 7 nitrogen and oxygen atoms in total. The molecule has 3 heterocycles. The fourth-order valence-electron chi connectivity index (χ4n) is 4.40. The van der Waals surface area contributed by atoms with Gasteiger partial charge in [-0.25, -0.2) is 4.98 Å². The second kappa shape index (κ2) is 8.00. The quantitative estimate of drug-likeness (QED) is 0.541. The molecule has 32 heavy (non-hydrogen) atoms. The molecule has 1 aliphatic heterocycles. The van der Waals surface area contributed by atoms with Crippen molar-refractivity contribution in [1.82, 2.24) is 19.7 Å². The lowest BCUT2D eigenvalue weighted by Gasteiger charge is -2.36. The number of piperazine rings is 1. The first-order valence-corrected chi connectivity index (χ1v) is 10.7. The van der Waals surface area contributed by atoms with E-state index in [1.54, 1.807) is 16.8 Å². The summed E-state index contributed by atoms with van der Waals surface area (Å²) in [6.07, 6.45) is 0. The molecule has 1 N–H and O–H groups in total. The second-order valence-corrected chi connectivity index (χ2v) is 8.13. The summed E-state index contributed by atoms with van der Waals surface area (Å²) in [5.74, 6) is 0.252. The number of anilines is 1. The van der Waals surface area contributed by atoms with Crippen LogP contribution in [0.4, 0.5) is 5.69 Å². The first-order valence-electron chi connectivity index (χ1n) is 10.7. The van der Waals surface area contributed by atoms with Crippen LogP contribution in [-0.2, 0) is 7.05 Å². The number of phenols is 1. The number of nitrogens with zero attached hydrogens (tertiary/aromatic N) is 5. The normalized spacial score (nSPS) is 14.2. The predicted molar refractivity (Wildman–Crippen MR) is 125 cm³/mol. The van der Waals surface area contributed by atoms with Crippen LogP contribution in [0.2, 0.25) is 0 Å². The summed E-state index contributed by atoms with van der Waals surface area (Å²) >= 11 is 0. The molecule has 1 saturated heterocycles. The highest BCUT2D eigenvalue weighted by molar-refractivity contribution is 6.07. The van der Waals surface area contributed by atoms with Crippen molar-refractivity contribution < 1.29 is 9.90 Å². The molecule has 0 atom stereocenters. The maximum atomic E-state index is 13.7. The summed E-state index contributed by atoms with van der Waals surface area (Å²) in [6.45, 7) is 4.56. The molecule has 1 fully saturated rings. The Labute approximate surface area is 186 Å². The van der Waals surface area contributed by atoms with Crippen LogP contribution in [0.15, 0.2) is 60.7 Å². The maximum absolute atomic E-state index is 13.7. The van der Waals surface area contributed by atoms with Crippen molar-refractivity contribution in [2.75, 3.05) is 31.1 Å². The number of carbonyl (C=O) groups is 1. The Morgan fingerprint density at radius 3 is 2.44 bits per heavy atom. The van der Waals surface area contributed by atoms with Crippen molar-refractivity contribution in [3.8, 4) is 17.0 Å². The third kappa shape index (κ3) is 3.56. The molecule has 2 aromatic heterocycles. The van der Waals surface area contributed by atoms with Gasteiger partial charge in [-0.1, -0.05) is 36.4 Å². The third-order valence-electron chi connectivity index (χ3n) is 6.03. The summed E-state index contributed by atoms with van der Waals surface area (Å²) < 4.78 is 1.74. The monoisotopic (exact) mass is 427 g/mol. The molecule has 162 valence electrons. The van der Waals surface area contributed by atoms with Crippen LogP contribution in [-0.4, -0.2) is 56.9 Å². The highest BCUT2D eigenvalue weighted by atomic mass is 16.3. The standard InChI is InChI=1S/C25H25N5O2/c1-17-23-21(16-22(18-7-4-3-5-8-18)26-24(23)28(2)27-17)25(32)30-13-11-29(12-14-30)19-9-6-10-20(31)15-19/h3-10,15-16,31H,11-14H2,1-2H3. The average molecular weight is 428 g/mol. The summed E-state index contributed by atoms with van der Waals surface area (Å²) in [4.78, 5) is 22.6. The van der Waals surface area contributed by atoms with Gasteiger partial charge in [0.25, 0.3) is 5.91 Å². The van der Waals surface area contributed by atoms with Gasteiger partial charge in [0.05, 0.1) is 22.3 Å². The molecule has 5 rings (SSSR count). The molecule has 0 unspecified atom stereocenters. The number of fused-ring (bicyclic) bond motifs is 1. The Morgan fingerprint density at radius 2 is 1.72 bits per heavy atom. The molecule has 0 saturated carbocycles. The zero-order valence-corrected chi connectivity index (χ0v) is 18.2. The lowest BCUT2D eigenvalue weighted by molar-refractivity contribution is 0.0748. The van der Waals surface area contributed by atoms with Gasteiger partial charge < -0.3 is 14.9 Å². The highest BCUT2D eigenvalue weighted by Crippen LogP contribution is 2.28. The largest absolute Gasteiger partial charge is 0.508 e. The van der Waals surface area contributed by atoms with E-state index in [0.717, 1.165) is 28.0 Å². The molecular formula is C25H25N5O2. The van der Waals surface area contributed by atoms with Crippen molar-refractivity contribution in [3.05, 3.63) is 71.9 Å². The van der Waals surface area contributed by atoms with Gasteiger partial charge in [-0.05, 0) is 25.1 Å². The smallest absolute Gasteiger partial charge is 0.254 e. The predicted octanol–water partition coefficient (Wildman–Crippen LogP) is 3.61. The van der Waals surface area contributed by atoms with Crippen LogP contribution in [0, 0.1) is 6.92 Å².